The predicted molar refractivity (Wildman–Crippen MR) is 111 cm³/mol. The van der Waals surface area contributed by atoms with Crippen molar-refractivity contribution in [2.75, 3.05) is 19.6 Å². The molecule has 0 radical (unpaired) electrons. The zero-order chi connectivity index (χ0) is 19.7. The molecule has 0 aliphatic heterocycles. The van der Waals surface area contributed by atoms with E-state index in [1.165, 1.54) is 0 Å². The van der Waals surface area contributed by atoms with Crippen LogP contribution in [0.3, 0.4) is 0 Å². The maximum atomic E-state index is 12.6. The molecule has 0 aliphatic rings. The summed E-state index contributed by atoms with van der Waals surface area (Å²) in [5.41, 5.74) is 1.00. The molecule has 2 amide bonds. The smallest absolute Gasteiger partial charge is 0.317 e. The lowest BCUT2D eigenvalue weighted by atomic mass is 9.90. The van der Waals surface area contributed by atoms with Crippen LogP contribution in [0.4, 0.5) is 4.79 Å². The van der Waals surface area contributed by atoms with Gasteiger partial charge in [0.1, 0.15) is 0 Å². The van der Waals surface area contributed by atoms with Crippen LogP contribution in [0.1, 0.15) is 101 Å². The summed E-state index contributed by atoms with van der Waals surface area (Å²) >= 11 is 0. The Hall–Kier alpha value is -0.730. The van der Waals surface area contributed by atoms with Gasteiger partial charge in [0.2, 0.25) is 0 Å². The van der Waals surface area contributed by atoms with Crippen molar-refractivity contribution in [3.05, 3.63) is 0 Å². The number of carbonyl (C=O) groups is 1. The van der Waals surface area contributed by atoms with Crippen molar-refractivity contribution in [3.63, 3.8) is 0 Å². The first-order valence-corrected chi connectivity index (χ1v) is 10.2. The maximum absolute atomic E-state index is 12.6. The van der Waals surface area contributed by atoms with Crippen molar-refractivity contribution in [3.8, 4) is 0 Å². The Morgan fingerprint density at radius 1 is 0.680 bits per heavy atom. The van der Waals surface area contributed by atoms with Gasteiger partial charge < -0.3 is 10.2 Å². The molecule has 0 bridgehead atoms. The van der Waals surface area contributed by atoms with Crippen molar-refractivity contribution in [1.82, 2.24) is 10.2 Å². The van der Waals surface area contributed by atoms with Gasteiger partial charge in [-0.15, -0.1) is 0 Å². The Balaban J connectivity index is 4.40. The van der Waals surface area contributed by atoms with E-state index in [1.807, 2.05) is 4.90 Å². The molecule has 0 fully saturated rings. The molecule has 0 unspecified atom stereocenters. The summed E-state index contributed by atoms with van der Waals surface area (Å²) in [6.07, 6.45) is 6.65. The highest BCUT2D eigenvalue weighted by atomic mass is 16.2. The molecule has 0 aromatic rings. The Bertz CT molecular complexity index is 349. The van der Waals surface area contributed by atoms with Gasteiger partial charge in [-0.1, -0.05) is 62.3 Å². The minimum absolute atomic E-state index is 0.122. The van der Waals surface area contributed by atoms with E-state index < -0.39 is 0 Å². The van der Waals surface area contributed by atoms with Gasteiger partial charge in [-0.2, -0.15) is 0 Å². The SMILES string of the molecule is CC(C)(C)CCCNC(=O)N(CCCC(C)(C)C)CCCC(C)(C)C. The Kier molecular flexibility index (Phi) is 10.1. The molecule has 150 valence electrons. The first-order chi connectivity index (χ1) is 11.2. The van der Waals surface area contributed by atoms with Crippen LogP contribution in [0.15, 0.2) is 0 Å². The summed E-state index contributed by atoms with van der Waals surface area (Å²) in [7, 11) is 0. The molecular formula is C22H46N2O. The van der Waals surface area contributed by atoms with Crippen molar-refractivity contribution in [1.29, 1.82) is 0 Å². The normalized spacial score (nSPS) is 13.0. The monoisotopic (exact) mass is 354 g/mol. The number of hydrogen-bond acceptors (Lipinski definition) is 1. The number of urea groups is 1. The second kappa shape index (κ2) is 10.4. The molecule has 0 saturated carbocycles. The number of amides is 2. The summed E-state index contributed by atoms with van der Waals surface area (Å²) in [4.78, 5) is 14.6. The first kappa shape index (κ1) is 24.3. The quantitative estimate of drug-likeness (QED) is 0.472. The lowest BCUT2D eigenvalue weighted by molar-refractivity contribution is 0.188. The summed E-state index contributed by atoms with van der Waals surface area (Å²) in [5.74, 6) is 0. The minimum atomic E-state index is 0.122. The zero-order valence-electron chi connectivity index (χ0n) is 18.7. The molecule has 0 aliphatic carbocycles. The third kappa shape index (κ3) is 16.5. The third-order valence-electron chi connectivity index (χ3n) is 4.38. The topological polar surface area (TPSA) is 32.3 Å². The summed E-state index contributed by atoms with van der Waals surface area (Å²) < 4.78 is 0. The van der Waals surface area contributed by atoms with Crippen LogP contribution >= 0.6 is 0 Å². The fourth-order valence-corrected chi connectivity index (χ4v) is 2.84. The number of nitrogens with one attached hydrogen (secondary N) is 1. The summed E-state index contributed by atoms with van der Waals surface area (Å²) in [6, 6.07) is 0.122. The van der Waals surface area contributed by atoms with Crippen molar-refractivity contribution < 1.29 is 4.79 Å². The van der Waals surface area contributed by atoms with Crippen LogP contribution < -0.4 is 5.32 Å². The first-order valence-electron chi connectivity index (χ1n) is 10.2. The highest BCUT2D eigenvalue weighted by molar-refractivity contribution is 5.74. The molecule has 0 rings (SSSR count). The number of carbonyl (C=O) groups excluding carboxylic acids is 1. The fraction of sp³-hybridized carbons (Fsp3) is 0.955. The molecule has 1 N–H and O–H groups in total. The Morgan fingerprint density at radius 2 is 1.04 bits per heavy atom. The van der Waals surface area contributed by atoms with E-state index in [1.54, 1.807) is 0 Å². The van der Waals surface area contributed by atoms with Gasteiger partial charge in [0, 0.05) is 19.6 Å². The van der Waals surface area contributed by atoms with Gasteiger partial charge in [0.15, 0.2) is 0 Å². The van der Waals surface area contributed by atoms with Crippen LogP contribution in [0, 0.1) is 16.2 Å². The van der Waals surface area contributed by atoms with Gasteiger partial charge in [0.25, 0.3) is 0 Å². The van der Waals surface area contributed by atoms with E-state index >= 15 is 0 Å². The van der Waals surface area contributed by atoms with Crippen LogP contribution in [0.2, 0.25) is 0 Å². The molecular weight excluding hydrogens is 308 g/mol. The Morgan fingerprint density at radius 3 is 1.40 bits per heavy atom. The standard InChI is InChI=1S/C22H46N2O/c1-20(2,3)13-10-16-23-19(25)24(17-11-14-21(4,5)6)18-12-15-22(7,8)9/h10-18H2,1-9H3,(H,23,25). The highest BCUT2D eigenvalue weighted by Gasteiger charge is 2.17. The number of hydrogen-bond donors (Lipinski definition) is 1. The van der Waals surface area contributed by atoms with Crippen LogP contribution in [0.25, 0.3) is 0 Å². The van der Waals surface area contributed by atoms with Crippen LogP contribution in [-0.2, 0) is 0 Å². The molecule has 3 nitrogen and oxygen atoms in total. The van der Waals surface area contributed by atoms with Crippen molar-refractivity contribution in [2.24, 2.45) is 16.2 Å². The molecule has 25 heavy (non-hydrogen) atoms. The van der Waals surface area contributed by atoms with Crippen LogP contribution in [0.5, 0.6) is 0 Å². The maximum Gasteiger partial charge on any atom is 0.317 e. The average Bonchev–Trinajstić information content (AvgIpc) is 2.38. The molecule has 3 heteroatoms. The van der Waals surface area contributed by atoms with Crippen LogP contribution in [-0.4, -0.2) is 30.6 Å². The average molecular weight is 355 g/mol. The van der Waals surface area contributed by atoms with E-state index in [-0.39, 0.29) is 6.03 Å². The van der Waals surface area contributed by atoms with E-state index in [0.717, 1.165) is 58.2 Å². The minimum Gasteiger partial charge on any atom is -0.338 e. The molecule has 0 saturated heterocycles. The van der Waals surface area contributed by atoms with Crippen molar-refractivity contribution >= 4 is 6.03 Å². The van der Waals surface area contributed by atoms with E-state index in [4.69, 9.17) is 0 Å². The molecule has 0 atom stereocenters. The second-order valence-electron chi connectivity index (χ2n) is 11.2. The van der Waals surface area contributed by atoms with Gasteiger partial charge in [0.05, 0.1) is 0 Å². The number of nitrogens with zero attached hydrogens (tertiary/aromatic N) is 1. The van der Waals surface area contributed by atoms with Gasteiger partial charge in [-0.3, -0.25) is 0 Å². The number of rotatable bonds is 9. The molecule has 0 heterocycles. The third-order valence-corrected chi connectivity index (χ3v) is 4.38. The predicted octanol–water partition coefficient (Wildman–Crippen LogP) is 6.48. The molecule has 0 aromatic heterocycles. The summed E-state index contributed by atoms with van der Waals surface area (Å²) in [5, 5.41) is 3.14. The molecule has 0 aromatic carbocycles. The van der Waals surface area contributed by atoms with Crippen molar-refractivity contribution in [2.45, 2.75) is 101 Å². The van der Waals surface area contributed by atoms with Gasteiger partial charge in [-0.25, -0.2) is 4.79 Å². The van der Waals surface area contributed by atoms with E-state index in [9.17, 15) is 4.79 Å². The zero-order valence-corrected chi connectivity index (χ0v) is 18.7. The van der Waals surface area contributed by atoms with Gasteiger partial charge in [-0.05, 0) is 54.8 Å². The largest absolute Gasteiger partial charge is 0.338 e. The Labute approximate surface area is 158 Å². The fourth-order valence-electron chi connectivity index (χ4n) is 2.84. The van der Waals surface area contributed by atoms with Gasteiger partial charge >= 0.3 is 6.03 Å². The second-order valence-corrected chi connectivity index (χ2v) is 11.2. The molecule has 0 spiro atoms. The highest BCUT2D eigenvalue weighted by Crippen LogP contribution is 2.23. The van der Waals surface area contributed by atoms with E-state index in [0.29, 0.717) is 16.2 Å². The lowest BCUT2D eigenvalue weighted by Crippen LogP contribution is -2.42. The van der Waals surface area contributed by atoms with E-state index in [2.05, 4.69) is 67.6 Å². The lowest BCUT2D eigenvalue weighted by Gasteiger charge is -2.27. The summed E-state index contributed by atoms with van der Waals surface area (Å²) in [6.45, 7) is 22.9.